The van der Waals surface area contributed by atoms with Gasteiger partial charge in [-0.3, -0.25) is 28.3 Å². The molecule has 0 N–H and O–H groups in total. The highest BCUT2D eigenvalue weighted by atomic mass is 32.1. The van der Waals surface area contributed by atoms with Gasteiger partial charge in [-0.15, -0.1) is 22.7 Å². The number of carbonyl (C=O) groups is 2. The molecule has 7 rings (SSSR count). The third-order valence-electron chi connectivity index (χ3n) is 8.75. The van der Waals surface area contributed by atoms with E-state index in [2.05, 4.69) is 4.98 Å². The van der Waals surface area contributed by atoms with Gasteiger partial charge in [-0.25, -0.2) is 19.9 Å². The summed E-state index contributed by atoms with van der Waals surface area (Å²) in [6.07, 6.45) is 8.82. The number of amides is 2. The van der Waals surface area contributed by atoms with Gasteiger partial charge in [0.05, 0.1) is 20.5 Å². The molecular weight excluding hydrogens is 597 g/mol. The summed E-state index contributed by atoms with van der Waals surface area (Å²) in [4.78, 5) is 72.8. The van der Waals surface area contributed by atoms with Gasteiger partial charge >= 0.3 is 0 Å². The van der Waals surface area contributed by atoms with E-state index in [9.17, 15) is 19.2 Å². The lowest BCUT2D eigenvalue weighted by Crippen LogP contribution is -2.37. The number of hydrogen-bond donors (Lipinski definition) is 0. The molecule has 2 aliphatic heterocycles. The Morgan fingerprint density at radius 3 is 1.73 bits per heavy atom. The van der Waals surface area contributed by atoms with Crippen molar-refractivity contribution in [3.63, 3.8) is 0 Å². The van der Waals surface area contributed by atoms with Crippen LogP contribution in [0, 0.1) is 20.8 Å². The van der Waals surface area contributed by atoms with E-state index < -0.39 is 11.8 Å². The summed E-state index contributed by atoms with van der Waals surface area (Å²) < 4.78 is 3.48. The van der Waals surface area contributed by atoms with Crippen LogP contribution >= 0.6 is 22.7 Å². The summed E-state index contributed by atoms with van der Waals surface area (Å²) in [5.74, 6) is 0.504. The largest absolute Gasteiger partial charge is 0.296 e. The maximum atomic E-state index is 14.5. The fraction of sp³-hybridized carbons (Fsp3) is 0.406. The Labute approximate surface area is 261 Å². The zero-order valence-corrected chi connectivity index (χ0v) is 26.6. The van der Waals surface area contributed by atoms with Gasteiger partial charge in [0.15, 0.2) is 0 Å². The molecule has 44 heavy (non-hydrogen) atoms. The lowest BCUT2D eigenvalue weighted by atomic mass is 10.1. The molecule has 0 aromatic carbocycles. The second kappa shape index (κ2) is 11.2. The number of aryl methyl sites for hydroxylation is 5. The molecule has 0 bridgehead atoms. The normalized spacial score (nSPS) is 15.1. The van der Waals surface area contributed by atoms with E-state index in [4.69, 9.17) is 9.97 Å². The number of rotatable bonds is 3. The molecule has 5 aromatic rings. The number of fused-ring (bicyclic) bond motifs is 4. The van der Waals surface area contributed by atoms with E-state index in [1.807, 2.05) is 6.92 Å². The molecule has 2 amide bonds. The summed E-state index contributed by atoms with van der Waals surface area (Å²) in [7, 11) is 0. The van der Waals surface area contributed by atoms with Gasteiger partial charge < -0.3 is 0 Å². The third-order valence-corrected chi connectivity index (χ3v) is 11.1. The smallest absolute Gasteiger partial charge is 0.277 e. The van der Waals surface area contributed by atoms with E-state index in [-0.39, 0.29) is 26.7 Å². The number of carbonyl (C=O) groups excluding carboxylic acids is 2. The number of nitrogens with zero attached hydrogens (tertiary/aromatic N) is 6. The molecule has 5 aromatic heterocycles. The number of anilines is 1. The summed E-state index contributed by atoms with van der Waals surface area (Å²) in [6, 6.07) is 3.48. The van der Waals surface area contributed by atoms with Crippen LogP contribution in [-0.4, -0.2) is 35.9 Å². The molecule has 0 saturated heterocycles. The lowest BCUT2D eigenvalue weighted by Gasteiger charge is -2.20. The molecule has 0 fully saturated rings. The van der Waals surface area contributed by atoms with Crippen molar-refractivity contribution in [2.75, 3.05) is 4.90 Å². The standard InChI is InChI=1S/C32H32N6O4S2/c1-17-12-13-33-22(16-17)38(31(41)25-18(2)23-27(43-25)34-20-10-6-4-8-14-36(20)29(23)39)32(42)26-19(3)24-28(44-26)35-21-11-7-5-9-15-37(21)30(24)40/h12-13,16H,4-11,14-15H2,1-3H3. The van der Waals surface area contributed by atoms with Crippen LogP contribution in [0.5, 0.6) is 0 Å². The minimum atomic E-state index is -0.578. The molecule has 0 radical (unpaired) electrons. The van der Waals surface area contributed by atoms with Crippen molar-refractivity contribution < 1.29 is 9.59 Å². The highest BCUT2D eigenvalue weighted by Crippen LogP contribution is 2.34. The second-order valence-electron chi connectivity index (χ2n) is 11.7. The Morgan fingerprint density at radius 1 is 0.750 bits per heavy atom. The number of thiophene rings is 2. The summed E-state index contributed by atoms with van der Waals surface area (Å²) in [5.41, 5.74) is 1.56. The van der Waals surface area contributed by atoms with Crippen LogP contribution in [0.4, 0.5) is 5.82 Å². The van der Waals surface area contributed by atoms with Crippen LogP contribution in [-0.2, 0) is 25.9 Å². The predicted molar refractivity (Wildman–Crippen MR) is 172 cm³/mol. The Hall–Kier alpha value is -4.03. The number of imide groups is 1. The van der Waals surface area contributed by atoms with Crippen molar-refractivity contribution in [1.29, 1.82) is 0 Å². The van der Waals surface area contributed by atoms with E-state index in [0.717, 1.165) is 83.3 Å². The highest BCUT2D eigenvalue weighted by Gasteiger charge is 2.34. The molecule has 10 nitrogen and oxygen atoms in total. The minimum absolute atomic E-state index is 0.141. The van der Waals surface area contributed by atoms with Gasteiger partial charge in [-0.05, 0) is 75.3 Å². The highest BCUT2D eigenvalue weighted by molar-refractivity contribution is 7.21. The fourth-order valence-corrected chi connectivity index (χ4v) is 8.61. The lowest BCUT2D eigenvalue weighted by molar-refractivity contribution is 0.0900. The zero-order valence-electron chi connectivity index (χ0n) is 24.9. The van der Waals surface area contributed by atoms with Crippen LogP contribution < -0.4 is 16.0 Å². The van der Waals surface area contributed by atoms with Crippen molar-refractivity contribution >= 4 is 60.7 Å². The van der Waals surface area contributed by atoms with Crippen molar-refractivity contribution in [3.05, 3.63) is 77.1 Å². The molecule has 0 aliphatic carbocycles. The first-order valence-electron chi connectivity index (χ1n) is 15.1. The van der Waals surface area contributed by atoms with E-state index in [1.165, 1.54) is 0 Å². The fourth-order valence-electron chi connectivity index (χ4n) is 6.37. The molecule has 226 valence electrons. The van der Waals surface area contributed by atoms with Crippen LogP contribution in [0.25, 0.3) is 20.4 Å². The maximum Gasteiger partial charge on any atom is 0.277 e. The molecule has 2 aliphatic rings. The quantitative estimate of drug-likeness (QED) is 0.242. The minimum Gasteiger partial charge on any atom is -0.296 e. The molecule has 7 heterocycles. The van der Waals surface area contributed by atoms with E-state index in [1.54, 1.807) is 41.3 Å². The Kier molecular flexibility index (Phi) is 7.28. The van der Waals surface area contributed by atoms with Crippen molar-refractivity contribution in [1.82, 2.24) is 24.1 Å². The number of pyridine rings is 1. The van der Waals surface area contributed by atoms with E-state index in [0.29, 0.717) is 57.5 Å². The first kappa shape index (κ1) is 28.7. The number of hydrogen-bond acceptors (Lipinski definition) is 9. The average molecular weight is 629 g/mol. The van der Waals surface area contributed by atoms with Crippen LogP contribution in [0.1, 0.15) is 86.2 Å². The Morgan fingerprint density at radius 2 is 1.25 bits per heavy atom. The Balaban J connectivity index is 1.38. The van der Waals surface area contributed by atoms with Gasteiger partial charge in [0, 0.05) is 32.1 Å². The summed E-state index contributed by atoms with van der Waals surface area (Å²) in [5, 5.41) is 0.843. The van der Waals surface area contributed by atoms with Gasteiger partial charge in [-0.1, -0.05) is 12.8 Å². The maximum absolute atomic E-state index is 14.5. The van der Waals surface area contributed by atoms with Gasteiger partial charge in [0.1, 0.15) is 27.1 Å². The van der Waals surface area contributed by atoms with Crippen molar-refractivity contribution in [2.24, 2.45) is 0 Å². The first-order chi connectivity index (χ1) is 21.2. The summed E-state index contributed by atoms with van der Waals surface area (Å²) in [6.45, 7) is 6.57. The number of aromatic nitrogens is 5. The first-order valence-corrected chi connectivity index (χ1v) is 16.7. The van der Waals surface area contributed by atoms with E-state index >= 15 is 0 Å². The monoisotopic (exact) mass is 628 g/mol. The Bertz CT molecular complexity index is 1990. The molecule has 0 spiro atoms. The van der Waals surface area contributed by atoms with Crippen LogP contribution in [0.3, 0.4) is 0 Å². The zero-order chi connectivity index (χ0) is 30.7. The third kappa shape index (κ3) is 4.62. The molecule has 0 atom stereocenters. The molecule has 0 saturated carbocycles. The van der Waals surface area contributed by atoms with Crippen LogP contribution in [0.2, 0.25) is 0 Å². The summed E-state index contributed by atoms with van der Waals surface area (Å²) >= 11 is 2.28. The van der Waals surface area contributed by atoms with Gasteiger partial charge in [-0.2, -0.15) is 0 Å². The van der Waals surface area contributed by atoms with Crippen molar-refractivity contribution in [3.8, 4) is 0 Å². The van der Waals surface area contributed by atoms with Gasteiger partial charge in [0.25, 0.3) is 22.9 Å². The SMILES string of the molecule is Cc1ccnc(N(C(=O)c2sc3nc4n(c(=O)c3c2C)CCCCC4)C(=O)c2sc3nc4n(c(=O)c3c2C)CCCCC4)c1. The van der Waals surface area contributed by atoms with Crippen LogP contribution in [0.15, 0.2) is 27.9 Å². The average Bonchev–Trinajstić information content (AvgIpc) is 3.26. The second-order valence-corrected chi connectivity index (χ2v) is 13.7. The predicted octanol–water partition coefficient (Wildman–Crippen LogP) is 5.49. The molecule has 0 unspecified atom stereocenters. The van der Waals surface area contributed by atoms with Gasteiger partial charge in [0.2, 0.25) is 0 Å². The molecular formula is C32H32N6O4S2. The van der Waals surface area contributed by atoms with Crippen molar-refractivity contribution in [2.45, 2.75) is 85.2 Å². The topological polar surface area (TPSA) is 120 Å². The molecule has 12 heteroatoms.